The number of aliphatic carboxylic acids is 1. The van der Waals surface area contributed by atoms with Gasteiger partial charge in [0.2, 0.25) is 5.88 Å². The highest BCUT2D eigenvalue weighted by Crippen LogP contribution is 2.46. The number of pyridine rings is 1. The van der Waals surface area contributed by atoms with Crippen molar-refractivity contribution in [2.24, 2.45) is 0 Å². The van der Waals surface area contributed by atoms with Gasteiger partial charge < -0.3 is 14.7 Å². The van der Waals surface area contributed by atoms with Crippen molar-refractivity contribution in [3.63, 3.8) is 0 Å². The minimum absolute atomic E-state index is 0.0206. The van der Waals surface area contributed by atoms with E-state index in [4.69, 9.17) is 14.6 Å². The number of carboxylic acids is 1. The Morgan fingerprint density at radius 1 is 1.20 bits per heavy atom. The molecule has 0 saturated carbocycles. The van der Waals surface area contributed by atoms with Crippen LogP contribution in [0.4, 0.5) is 13.2 Å². The van der Waals surface area contributed by atoms with Gasteiger partial charge in [0, 0.05) is 43.7 Å². The summed E-state index contributed by atoms with van der Waals surface area (Å²) in [5.41, 5.74) is 0.458. The summed E-state index contributed by atoms with van der Waals surface area (Å²) in [6, 6.07) is 7.33. The topological polar surface area (TPSA) is 106 Å². The summed E-state index contributed by atoms with van der Waals surface area (Å²) in [6.07, 6.45) is 0.757. The molecule has 0 aliphatic carbocycles. The first kappa shape index (κ1) is 21.8. The van der Waals surface area contributed by atoms with Gasteiger partial charge in [-0.1, -0.05) is 6.07 Å². The number of likely N-dealkylation sites (tertiary alicyclic amines) is 1. The number of rotatable bonds is 3. The number of amides is 1. The second-order valence-corrected chi connectivity index (χ2v) is 8.15. The SMILES string of the molecule is O=C(O)C(F)(F)F.O=C(c1ccncn1)N1CC2(CC(Oc3ccccn3)CS2)C1. The van der Waals surface area contributed by atoms with E-state index in [9.17, 15) is 18.0 Å². The Labute approximate surface area is 173 Å². The first-order valence-electron chi connectivity index (χ1n) is 8.76. The quantitative estimate of drug-likeness (QED) is 0.772. The van der Waals surface area contributed by atoms with E-state index in [2.05, 4.69) is 15.0 Å². The van der Waals surface area contributed by atoms with E-state index in [-0.39, 0.29) is 16.8 Å². The number of nitrogens with zero attached hydrogens (tertiary/aromatic N) is 4. The molecule has 1 spiro atoms. The van der Waals surface area contributed by atoms with Crippen molar-refractivity contribution in [2.75, 3.05) is 18.8 Å². The Bertz CT molecular complexity index is 880. The van der Waals surface area contributed by atoms with Crippen LogP contribution in [0.25, 0.3) is 0 Å². The van der Waals surface area contributed by atoms with Gasteiger partial charge in [0.25, 0.3) is 5.91 Å². The van der Waals surface area contributed by atoms with Crippen LogP contribution < -0.4 is 4.74 Å². The third-order valence-corrected chi connectivity index (χ3v) is 5.96. The van der Waals surface area contributed by atoms with Crippen LogP contribution in [0.5, 0.6) is 5.88 Å². The van der Waals surface area contributed by atoms with Crippen molar-refractivity contribution in [3.05, 3.63) is 48.7 Å². The molecule has 1 N–H and O–H groups in total. The first-order valence-corrected chi connectivity index (χ1v) is 9.74. The minimum atomic E-state index is -5.08. The molecule has 0 aromatic carbocycles. The van der Waals surface area contributed by atoms with Gasteiger partial charge in [0.15, 0.2) is 0 Å². The maximum Gasteiger partial charge on any atom is 0.490 e. The highest BCUT2D eigenvalue weighted by Gasteiger charge is 2.51. The average Bonchev–Trinajstić information content (AvgIpc) is 3.12. The Balaban J connectivity index is 0.000000318. The third kappa shape index (κ3) is 5.38. The molecule has 12 heteroatoms. The molecule has 2 aromatic rings. The zero-order chi connectivity index (χ0) is 21.8. The lowest BCUT2D eigenvalue weighted by Gasteiger charge is -2.47. The molecular weight excluding hydrogens is 425 g/mol. The molecule has 1 unspecified atom stereocenters. The molecule has 160 valence electrons. The molecule has 2 aliphatic heterocycles. The highest BCUT2D eigenvalue weighted by atomic mass is 32.2. The maximum absolute atomic E-state index is 12.3. The number of alkyl halides is 3. The van der Waals surface area contributed by atoms with E-state index >= 15 is 0 Å². The van der Waals surface area contributed by atoms with Crippen molar-refractivity contribution >= 4 is 23.6 Å². The first-order chi connectivity index (χ1) is 14.2. The number of ether oxygens (including phenoxy) is 1. The number of hydrogen-bond donors (Lipinski definition) is 1. The zero-order valence-corrected chi connectivity index (χ0v) is 16.3. The number of carbonyl (C=O) groups is 2. The van der Waals surface area contributed by atoms with Crippen molar-refractivity contribution < 1.29 is 32.6 Å². The van der Waals surface area contributed by atoms with Crippen LogP contribution in [0.15, 0.2) is 43.0 Å². The lowest BCUT2D eigenvalue weighted by atomic mass is 9.92. The van der Waals surface area contributed by atoms with Crippen LogP contribution in [0.2, 0.25) is 0 Å². The van der Waals surface area contributed by atoms with Gasteiger partial charge in [-0.15, -0.1) is 11.8 Å². The molecule has 2 aromatic heterocycles. The molecule has 4 heterocycles. The lowest BCUT2D eigenvalue weighted by Crippen LogP contribution is -2.61. The second-order valence-electron chi connectivity index (χ2n) is 6.66. The molecule has 1 atom stereocenters. The number of thioether (sulfide) groups is 1. The van der Waals surface area contributed by atoms with E-state index < -0.39 is 12.1 Å². The summed E-state index contributed by atoms with van der Waals surface area (Å²) in [5.74, 6) is -1.17. The van der Waals surface area contributed by atoms with Crippen molar-refractivity contribution in [3.8, 4) is 5.88 Å². The predicted molar refractivity (Wildman–Crippen MR) is 100 cm³/mol. The van der Waals surface area contributed by atoms with Gasteiger partial charge in [-0.25, -0.2) is 19.7 Å². The van der Waals surface area contributed by atoms with Crippen LogP contribution >= 0.6 is 11.8 Å². The van der Waals surface area contributed by atoms with Crippen LogP contribution in [-0.2, 0) is 4.79 Å². The molecule has 0 radical (unpaired) electrons. The van der Waals surface area contributed by atoms with E-state index in [1.165, 1.54) is 6.33 Å². The molecule has 2 aliphatic rings. The molecular formula is C18H17F3N4O4S. The summed E-state index contributed by atoms with van der Waals surface area (Å²) in [7, 11) is 0. The molecule has 2 saturated heterocycles. The fourth-order valence-electron chi connectivity index (χ4n) is 3.06. The molecule has 8 nitrogen and oxygen atoms in total. The summed E-state index contributed by atoms with van der Waals surface area (Å²) in [6.45, 7) is 1.51. The molecule has 30 heavy (non-hydrogen) atoms. The summed E-state index contributed by atoms with van der Waals surface area (Å²) >= 11 is 1.90. The number of hydrogen-bond acceptors (Lipinski definition) is 7. The number of carboxylic acid groups (broad SMARTS) is 1. The van der Waals surface area contributed by atoms with E-state index in [1.807, 2.05) is 34.9 Å². The Morgan fingerprint density at radius 3 is 2.50 bits per heavy atom. The smallest absolute Gasteiger partial charge is 0.475 e. The number of carbonyl (C=O) groups excluding carboxylic acids is 1. The fourth-order valence-corrected chi connectivity index (χ4v) is 4.58. The molecule has 2 fully saturated rings. The predicted octanol–water partition coefficient (Wildman–Crippen LogP) is 2.28. The fraction of sp³-hybridized carbons (Fsp3) is 0.389. The molecule has 1 amide bonds. The number of halogens is 3. The van der Waals surface area contributed by atoms with E-state index in [1.54, 1.807) is 18.5 Å². The van der Waals surface area contributed by atoms with Gasteiger partial charge in [-0.2, -0.15) is 13.2 Å². The monoisotopic (exact) mass is 442 g/mol. The van der Waals surface area contributed by atoms with Crippen LogP contribution in [0.3, 0.4) is 0 Å². The highest BCUT2D eigenvalue weighted by molar-refractivity contribution is 8.01. The Kier molecular flexibility index (Phi) is 6.44. The van der Waals surface area contributed by atoms with Crippen LogP contribution in [0, 0.1) is 0 Å². The lowest BCUT2D eigenvalue weighted by molar-refractivity contribution is -0.192. The zero-order valence-electron chi connectivity index (χ0n) is 15.5. The maximum atomic E-state index is 12.3. The average molecular weight is 442 g/mol. The van der Waals surface area contributed by atoms with Gasteiger partial charge in [-0.3, -0.25) is 4.79 Å². The molecule has 0 bridgehead atoms. The van der Waals surface area contributed by atoms with Crippen molar-refractivity contribution in [1.82, 2.24) is 19.9 Å². The second kappa shape index (κ2) is 8.86. The van der Waals surface area contributed by atoms with Crippen LogP contribution in [-0.4, -0.2) is 72.7 Å². The van der Waals surface area contributed by atoms with Crippen LogP contribution in [0.1, 0.15) is 16.9 Å². The minimum Gasteiger partial charge on any atom is -0.475 e. The summed E-state index contributed by atoms with van der Waals surface area (Å²) < 4.78 is 37.8. The van der Waals surface area contributed by atoms with E-state index in [0.717, 1.165) is 25.3 Å². The summed E-state index contributed by atoms with van der Waals surface area (Å²) in [5, 5.41) is 7.12. The Hall–Kier alpha value is -2.89. The summed E-state index contributed by atoms with van der Waals surface area (Å²) in [4.78, 5) is 35.1. The van der Waals surface area contributed by atoms with Gasteiger partial charge in [0.05, 0.1) is 4.75 Å². The van der Waals surface area contributed by atoms with Crippen molar-refractivity contribution in [1.29, 1.82) is 0 Å². The van der Waals surface area contributed by atoms with Gasteiger partial charge in [-0.05, 0) is 12.1 Å². The van der Waals surface area contributed by atoms with Gasteiger partial charge in [0.1, 0.15) is 18.1 Å². The van der Waals surface area contributed by atoms with Gasteiger partial charge >= 0.3 is 12.1 Å². The van der Waals surface area contributed by atoms with Crippen molar-refractivity contribution in [2.45, 2.75) is 23.4 Å². The molecule has 4 rings (SSSR count). The largest absolute Gasteiger partial charge is 0.490 e. The standard InChI is InChI=1S/C16H16N4O2S.C2HF3O2/c21-15(13-4-6-17-11-19-13)20-9-16(10-20)7-12(8-23-16)22-14-3-1-2-5-18-14;3-2(4,5)1(6)7/h1-6,11-12H,7-10H2;(H,6,7). The third-order valence-electron chi connectivity index (χ3n) is 4.39. The number of aromatic nitrogens is 3. The normalized spacial score (nSPS) is 19.4. The van der Waals surface area contributed by atoms with E-state index in [0.29, 0.717) is 11.6 Å². The Morgan fingerprint density at radius 2 is 1.93 bits per heavy atom.